The molecule has 0 spiro atoms. The average Bonchev–Trinajstić information content (AvgIpc) is 3.19. The van der Waals surface area contributed by atoms with Gasteiger partial charge in [-0.05, 0) is 43.0 Å². The second-order valence-electron chi connectivity index (χ2n) is 5.53. The van der Waals surface area contributed by atoms with E-state index in [0.29, 0.717) is 11.7 Å². The molecule has 2 rings (SSSR count). The molecule has 21 heavy (non-hydrogen) atoms. The molecule has 0 aliphatic heterocycles. The van der Waals surface area contributed by atoms with Crippen LogP contribution >= 0.6 is 0 Å². The quantitative estimate of drug-likeness (QED) is 0.813. The molecule has 1 saturated carbocycles. The molecule has 0 bridgehead atoms. The number of aryl methyl sites for hydroxylation is 1. The molecule has 0 heterocycles. The van der Waals surface area contributed by atoms with Gasteiger partial charge in [0.05, 0.1) is 6.61 Å². The van der Waals surface area contributed by atoms with E-state index < -0.39 is 12.7 Å². The fraction of sp³-hybridized carbons (Fsp3) is 0.600. The molecule has 0 radical (unpaired) electrons. The highest BCUT2D eigenvalue weighted by molar-refractivity contribution is 5.51. The molecule has 1 aliphatic rings. The summed E-state index contributed by atoms with van der Waals surface area (Å²) in [6.45, 7) is 1.26. The third-order valence-corrected chi connectivity index (χ3v) is 3.59. The normalized spacial score (nSPS) is 15.3. The summed E-state index contributed by atoms with van der Waals surface area (Å²) in [5.41, 5.74) is 2.56. The lowest BCUT2D eigenvalue weighted by molar-refractivity contribution is -0.119. The molecule has 118 valence electrons. The van der Waals surface area contributed by atoms with Crippen molar-refractivity contribution in [1.29, 1.82) is 0 Å². The summed E-state index contributed by atoms with van der Waals surface area (Å²) in [7, 11) is 0. The number of nitrogens with one attached hydrogen (secondary N) is 1. The summed E-state index contributed by atoms with van der Waals surface area (Å²) in [6.07, 6.45) is -1.88. The number of nitrogens with zero attached hydrogens (tertiary/aromatic N) is 1. The van der Waals surface area contributed by atoms with Gasteiger partial charge in [-0.25, -0.2) is 0 Å². The third-order valence-electron chi connectivity index (χ3n) is 3.59. The minimum Gasteiger partial charge on any atom is -0.395 e. The van der Waals surface area contributed by atoms with Crippen LogP contribution in [-0.2, 0) is 6.54 Å². The fourth-order valence-corrected chi connectivity index (χ4v) is 2.25. The van der Waals surface area contributed by atoms with Crippen molar-refractivity contribution in [2.45, 2.75) is 38.5 Å². The first-order valence-electron chi connectivity index (χ1n) is 7.14. The maximum Gasteiger partial charge on any atom is 0.405 e. The van der Waals surface area contributed by atoms with Crippen LogP contribution in [0.3, 0.4) is 0 Å². The zero-order valence-electron chi connectivity index (χ0n) is 12.1. The number of anilines is 1. The Morgan fingerprint density at radius 1 is 1.33 bits per heavy atom. The van der Waals surface area contributed by atoms with Crippen LogP contribution in [0.2, 0.25) is 0 Å². The van der Waals surface area contributed by atoms with E-state index in [2.05, 4.69) is 5.32 Å². The number of halogens is 3. The van der Waals surface area contributed by atoms with Crippen LogP contribution in [0.15, 0.2) is 18.2 Å². The predicted molar refractivity (Wildman–Crippen MR) is 76.4 cm³/mol. The van der Waals surface area contributed by atoms with Gasteiger partial charge in [0.2, 0.25) is 0 Å². The summed E-state index contributed by atoms with van der Waals surface area (Å²) in [6, 6.07) is 5.91. The number of aliphatic hydroxyl groups excluding tert-OH is 1. The molecule has 2 N–H and O–H groups in total. The van der Waals surface area contributed by atoms with Crippen LogP contribution in [0, 0.1) is 6.92 Å². The van der Waals surface area contributed by atoms with Gasteiger partial charge in [-0.1, -0.05) is 6.07 Å². The van der Waals surface area contributed by atoms with Gasteiger partial charge in [-0.2, -0.15) is 13.2 Å². The number of hydrogen-bond donors (Lipinski definition) is 2. The van der Waals surface area contributed by atoms with E-state index in [1.165, 1.54) is 12.8 Å². The summed E-state index contributed by atoms with van der Waals surface area (Å²) < 4.78 is 37.7. The maximum absolute atomic E-state index is 12.6. The number of benzene rings is 1. The Kier molecular flexibility index (Phi) is 5.11. The minimum absolute atomic E-state index is 0.0291. The largest absolute Gasteiger partial charge is 0.405 e. The Morgan fingerprint density at radius 2 is 2.05 bits per heavy atom. The molecule has 0 unspecified atom stereocenters. The topological polar surface area (TPSA) is 35.5 Å². The zero-order chi connectivity index (χ0) is 15.5. The van der Waals surface area contributed by atoms with Gasteiger partial charge in [0.15, 0.2) is 0 Å². The molecule has 3 nitrogen and oxygen atoms in total. The Bertz CT molecular complexity index is 472. The summed E-state index contributed by atoms with van der Waals surface area (Å²) in [5, 5.41) is 12.3. The highest BCUT2D eigenvalue weighted by atomic mass is 19.4. The zero-order valence-corrected chi connectivity index (χ0v) is 12.1. The summed E-state index contributed by atoms with van der Waals surface area (Å²) in [5.74, 6) is 0. The molecule has 1 aromatic rings. The van der Waals surface area contributed by atoms with Gasteiger partial charge in [0, 0.05) is 24.8 Å². The number of aliphatic hydroxyl groups is 1. The van der Waals surface area contributed by atoms with E-state index >= 15 is 0 Å². The monoisotopic (exact) mass is 302 g/mol. The minimum atomic E-state index is -4.28. The highest BCUT2D eigenvalue weighted by Crippen LogP contribution is 2.25. The smallest absolute Gasteiger partial charge is 0.395 e. The Morgan fingerprint density at radius 3 is 2.57 bits per heavy atom. The number of alkyl halides is 3. The lowest BCUT2D eigenvalue weighted by atomic mass is 10.1. The molecule has 0 amide bonds. The van der Waals surface area contributed by atoms with Crippen LogP contribution in [0.5, 0.6) is 0 Å². The summed E-state index contributed by atoms with van der Waals surface area (Å²) >= 11 is 0. The van der Waals surface area contributed by atoms with Crippen molar-refractivity contribution in [3.63, 3.8) is 0 Å². The van der Waals surface area contributed by atoms with Crippen molar-refractivity contribution in [3.05, 3.63) is 29.3 Å². The van der Waals surface area contributed by atoms with E-state index in [1.54, 1.807) is 12.1 Å². The van der Waals surface area contributed by atoms with Crippen LogP contribution in [0.1, 0.15) is 24.0 Å². The standard InChI is InChI=1S/C15H21F3N2O/c1-11-8-14(20(6-7-21)10-15(16,17)18)5-2-12(11)9-19-13-3-4-13/h2,5,8,13,19,21H,3-4,6-7,9-10H2,1H3. The number of hydrogen-bond acceptors (Lipinski definition) is 3. The van der Waals surface area contributed by atoms with Crippen LogP contribution < -0.4 is 10.2 Å². The lowest BCUT2D eigenvalue weighted by Gasteiger charge is -2.26. The van der Waals surface area contributed by atoms with Crippen molar-refractivity contribution < 1.29 is 18.3 Å². The Labute approximate surface area is 122 Å². The highest BCUT2D eigenvalue weighted by Gasteiger charge is 2.30. The first kappa shape index (κ1) is 16.1. The van der Waals surface area contributed by atoms with Gasteiger partial charge in [-0.15, -0.1) is 0 Å². The van der Waals surface area contributed by atoms with Gasteiger partial charge in [-0.3, -0.25) is 0 Å². The van der Waals surface area contributed by atoms with Crippen molar-refractivity contribution >= 4 is 5.69 Å². The molecular weight excluding hydrogens is 281 g/mol. The molecule has 1 fully saturated rings. The molecule has 1 aliphatic carbocycles. The van der Waals surface area contributed by atoms with E-state index in [4.69, 9.17) is 5.11 Å². The van der Waals surface area contributed by atoms with Gasteiger partial charge < -0.3 is 15.3 Å². The van der Waals surface area contributed by atoms with Crippen molar-refractivity contribution in [1.82, 2.24) is 5.32 Å². The van der Waals surface area contributed by atoms with Crippen molar-refractivity contribution in [3.8, 4) is 0 Å². The predicted octanol–water partition coefficient (Wildman–Crippen LogP) is 2.61. The van der Waals surface area contributed by atoms with Crippen molar-refractivity contribution in [2.75, 3.05) is 24.6 Å². The second-order valence-corrected chi connectivity index (χ2v) is 5.53. The number of rotatable bonds is 7. The van der Waals surface area contributed by atoms with E-state index in [0.717, 1.165) is 22.6 Å². The summed E-state index contributed by atoms with van der Waals surface area (Å²) in [4.78, 5) is 1.16. The van der Waals surface area contributed by atoms with Gasteiger partial charge >= 0.3 is 6.18 Å². The van der Waals surface area contributed by atoms with Gasteiger partial charge in [0.1, 0.15) is 6.54 Å². The second kappa shape index (κ2) is 6.66. The third kappa shape index (κ3) is 5.21. The first-order chi connectivity index (χ1) is 9.89. The van der Waals surface area contributed by atoms with Crippen LogP contribution in [0.4, 0.5) is 18.9 Å². The molecule has 0 aromatic heterocycles. The molecule has 0 saturated heterocycles. The molecule has 1 aromatic carbocycles. The maximum atomic E-state index is 12.6. The van der Waals surface area contributed by atoms with E-state index in [-0.39, 0.29) is 13.2 Å². The molecular formula is C15H21F3N2O. The van der Waals surface area contributed by atoms with Crippen LogP contribution in [0.25, 0.3) is 0 Å². The molecule has 0 atom stereocenters. The van der Waals surface area contributed by atoms with Gasteiger partial charge in [0.25, 0.3) is 0 Å². The molecule has 6 heteroatoms. The SMILES string of the molecule is Cc1cc(N(CCO)CC(F)(F)F)ccc1CNC1CC1. The average molecular weight is 302 g/mol. The first-order valence-corrected chi connectivity index (χ1v) is 7.14. The van der Waals surface area contributed by atoms with Crippen molar-refractivity contribution in [2.24, 2.45) is 0 Å². The van der Waals surface area contributed by atoms with Crippen LogP contribution in [-0.4, -0.2) is 37.0 Å². The Balaban J connectivity index is 2.07. The fourth-order valence-electron chi connectivity index (χ4n) is 2.25. The Hall–Kier alpha value is -1.27. The lowest BCUT2D eigenvalue weighted by Crippen LogP contribution is -2.36. The van der Waals surface area contributed by atoms with E-state index in [1.807, 2.05) is 13.0 Å². The van der Waals surface area contributed by atoms with E-state index in [9.17, 15) is 13.2 Å².